The van der Waals surface area contributed by atoms with Crippen molar-refractivity contribution >= 4 is 5.91 Å². The molecule has 2 heterocycles. The first kappa shape index (κ1) is 20.4. The standard InChI is InChI=1S/C22H26N4O3/c1-4-12-29-19-7-6-18(14-20(19)28-5-2)22(27)25-15-17-8-9-24-21(13-17)26-11-10-23-16(26)3/h6-11,13-14H,4-5,12,15H2,1-3H3,(H,25,27). The molecule has 0 saturated heterocycles. The number of imidazole rings is 1. The molecule has 3 rings (SSSR count). The molecule has 0 atom stereocenters. The fourth-order valence-electron chi connectivity index (χ4n) is 2.86. The van der Waals surface area contributed by atoms with E-state index in [1.165, 1.54) is 0 Å². The first-order valence-electron chi connectivity index (χ1n) is 9.75. The minimum absolute atomic E-state index is 0.176. The van der Waals surface area contributed by atoms with Crippen molar-refractivity contribution in [2.45, 2.75) is 33.7 Å². The molecule has 2 aromatic heterocycles. The van der Waals surface area contributed by atoms with Crippen LogP contribution in [-0.2, 0) is 6.54 Å². The lowest BCUT2D eigenvalue weighted by atomic mass is 10.1. The molecule has 1 N–H and O–H groups in total. The molecule has 7 heteroatoms. The molecular weight excluding hydrogens is 368 g/mol. The molecule has 29 heavy (non-hydrogen) atoms. The average Bonchev–Trinajstić information content (AvgIpc) is 3.17. The molecular formula is C22H26N4O3. The van der Waals surface area contributed by atoms with Gasteiger partial charge >= 0.3 is 0 Å². The third kappa shape index (κ3) is 5.13. The summed E-state index contributed by atoms with van der Waals surface area (Å²) in [6.07, 6.45) is 6.22. The Morgan fingerprint density at radius 1 is 1.07 bits per heavy atom. The van der Waals surface area contributed by atoms with Gasteiger partial charge in [0.05, 0.1) is 13.2 Å². The van der Waals surface area contributed by atoms with Gasteiger partial charge in [-0.05, 0) is 56.2 Å². The van der Waals surface area contributed by atoms with E-state index < -0.39 is 0 Å². The van der Waals surface area contributed by atoms with Crippen molar-refractivity contribution in [3.8, 4) is 17.3 Å². The van der Waals surface area contributed by atoms with Crippen molar-refractivity contribution in [2.24, 2.45) is 0 Å². The minimum Gasteiger partial charge on any atom is -0.490 e. The summed E-state index contributed by atoms with van der Waals surface area (Å²) in [7, 11) is 0. The highest BCUT2D eigenvalue weighted by atomic mass is 16.5. The van der Waals surface area contributed by atoms with E-state index in [2.05, 4.69) is 15.3 Å². The lowest BCUT2D eigenvalue weighted by Gasteiger charge is -2.13. The van der Waals surface area contributed by atoms with Crippen LogP contribution in [0.3, 0.4) is 0 Å². The van der Waals surface area contributed by atoms with E-state index >= 15 is 0 Å². The number of hydrogen-bond acceptors (Lipinski definition) is 5. The Labute approximate surface area is 170 Å². The molecule has 0 unspecified atom stereocenters. The Bertz CT molecular complexity index is 968. The Morgan fingerprint density at radius 3 is 2.66 bits per heavy atom. The van der Waals surface area contributed by atoms with Crippen molar-refractivity contribution in [1.29, 1.82) is 0 Å². The number of carbonyl (C=O) groups excluding carboxylic acids is 1. The number of benzene rings is 1. The second kappa shape index (κ2) is 9.73. The predicted molar refractivity (Wildman–Crippen MR) is 111 cm³/mol. The van der Waals surface area contributed by atoms with E-state index in [-0.39, 0.29) is 5.91 Å². The number of amides is 1. The van der Waals surface area contributed by atoms with Gasteiger partial charge in [0.25, 0.3) is 5.91 Å². The number of pyridine rings is 1. The van der Waals surface area contributed by atoms with Crippen LogP contribution in [0.4, 0.5) is 0 Å². The van der Waals surface area contributed by atoms with E-state index in [1.54, 1.807) is 30.6 Å². The fourth-order valence-corrected chi connectivity index (χ4v) is 2.86. The number of nitrogens with one attached hydrogen (secondary N) is 1. The number of carbonyl (C=O) groups is 1. The molecule has 0 aliphatic carbocycles. The van der Waals surface area contributed by atoms with Gasteiger partial charge in [-0.1, -0.05) is 6.92 Å². The van der Waals surface area contributed by atoms with Gasteiger partial charge in [0.2, 0.25) is 0 Å². The lowest BCUT2D eigenvalue weighted by molar-refractivity contribution is 0.0950. The summed E-state index contributed by atoms with van der Waals surface area (Å²) >= 11 is 0. The van der Waals surface area contributed by atoms with E-state index in [9.17, 15) is 4.79 Å². The van der Waals surface area contributed by atoms with Crippen molar-refractivity contribution < 1.29 is 14.3 Å². The van der Waals surface area contributed by atoms with Gasteiger partial charge in [-0.2, -0.15) is 0 Å². The lowest BCUT2D eigenvalue weighted by Crippen LogP contribution is -2.23. The van der Waals surface area contributed by atoms with Crippen molar-refractivity contribution in [3.63, 3.8) is 0 Å². The third-order valence-electron chi connectivity index (χ3n) is 4.30. The first-order valence-corrected chi connectivity index (χ1v) is 9.75. The maximum Gasteiger partial charge on any atom is 0.251 e. The highest BCUT2D eigenvalue weighted by Crippen LogP contribution is 2.28. The van der Waals surface area contributed by atoms with Gasteiger partial charge < -0.3 is 14.8 Å². The maximum absolute atomic E-state index is 12.6. The van der Waals surface area contributed by atoms with Gasteiger partial charge in [-0.15, -0.1) is 0 Å². The van der Waals surface area contributed by atoms with Crippen LogP contribution in [0.25, 0.3) is 5.82 Å². The summed E-state index contributed by atoms with van der Waals surface area (Å²) in [5, 5.41) is 2.95. The molecule has 0 fully saturated rings. The van der Waals surface area contributed by atoms with E-state index in [4.69, 9.17) is 9.47 Å². The van der Waals surface area contributed by atoms with Gasteiger partial charge in [0.1, 0.15) is 11.6 Å². The van der Waals surface area contributed by atoms with Gasteiger partial charge in [0.15, 0.2) is 11.5 Å². The summed E-state index contributed by atoms with van der Waals surface area (Å²) in [4.78, 5) is 21.2. The van der Waals surface area contributed by atoms with Crippen LogP contribution in [0.5, 0.6) is 11.5 Å². The molecule has 0 spiro atoms. The Hall–Kier alpha value is -3.35. The molecule has 1 aromatic carbocycles. The molecule has 0 aliphatic heterocycles. The second-order valence-corrected chi connectivity index (χ2v) is 6.49. The van der Waals surface area contributed by atoms with E-state index in [0.717, 1.165) is 23.6 Å². The monoisotopic (exact) mass is 394 g/mol. The van der Waals surface area contributed by atoms with E-state index in [0.29, 0.717) is 36.8 Å². The van der Waals surface area contributed by atoms with Gasteiger partial charge in [-0.3, -0.25) is 9.36 Å². The van der Waals surface area contributed by atoms with Crippen LogP contribution >= 0.6 is 0 Å². The summed E-state index contributed by atoms with van der Waals surface area (Å²) in [5.41, 5.74) is 1.47. The molecule has 1 amide bonds. The Balaban J connectivity index is 1.69. The van der Waals surface area contributed by atoms with Crippen LogP contribution in [0, 0.1) is 6.92 Å². The summed E-state index contributed by atoms with van der Waals surface area (Å²) in [6, 6.07) is 9.06. The molecule has 0 bridgehead atoms. The zero-order valence-electron chi connectivity index (χ0n) is 17.0. The maximum atomic E-state index is 12.6. The SMILES string of the molecule is CCCOc1ccc(C(=O)NCc2ccnc(-n3ccnc3C)c2)cc1OCC. The fraction of sp³-hybridized carbons (Fsp3) is 0.318. The summed E-state index contributed by atoms with van der Waals surface area (Å²) in [5.74, 6) is 2.68. The van der Waals surface area contributed by atoms with Gasteiger partial charge in [-0.25, -0.2) is 9.97 Å². The zero-order valence-corrected chi connectivity index (χ0v) is 17.0. The molecule has 3 aromatic rings. The van der Waals surface area contributed by atoms with E-state index in [1.807, 2.05) is 43.7 Å². The number of aromatic nitrogens is 3. The Kier molecular flexibility index (Phi) is 6.84. The van der Waals surface area contributed by atoms with Crippen molar-refractivity contribution in [3.05, 3.63) is 65.9 Å². The first-order chi connectivity index (χ1) is 14.1. The molecule has 7 nitrogen and oxygen atoms in total. The van der Waals surface area contributed by atoms with Crippen molar-refractivity contribution in [1.82, 2.24) is 19.9 Å². The van der Waals surface area contributed by atoms with Crippen LogP contribution in [-0.4, -0.2) is 33.7 Å². The average molecular weight is 394 g/mol. The second-order valence-electron chi connectivity index (χ2n) is 6.49. The van der Waals surface area contributed by atoms with Crippen molar-refractivity contribution in [2.75, 3.05) is 13.2 Å². The largest absolute Gasteiger partial charge is 0.490 e. The summed E-state index contributed by atoms with van der Waals surface area (Å²) in [6.45, 7) is 7.35. The predicted octanol–water partition coefficient (Wildman–Crippen LogP) is 3.69. The highest BCUT2D eigenvalue weighted by molar-refractivity contribution is 5.94. The van der Waals surface area contributed by atoms with Crippen LogP contribution in [0.1, 0.15) is 42.0 Å². The number of hydrogen-bond donors (Lipinski definition) is 1. The number of nitrogens with zero attached hydrogens (tertiary/aromatic N) is 3. The third-order valence-corrected chi connectivity index (χ3v) is 4.30. The molecule has 0 aliphatic rings. The quantitative estimate of drug-likeness (QED) is 0.599. The topological polar surface area (TPSA) is 78.3 Å². The Morgan fingerprint density at radius 2 is 1.93 bits per heavy atom. The van der Waals surface area contributed by atoms with Crippen LogP contribution in [0.15, 0.2) is 48.9 Å². The highest BCUT2D eigenvalue weighted by Gasteiger charge is 2.12. The molecule has 152 valence electrons. The smallest absolute Gasteiger partial charge is 0.251 e. The normalized spacial score (nSPS) is 10.6. The number of ether oxygens (including phenoxy) is 2. The van der Waals surface area contributed by atoms with Crippen LogP contribution in [0.2, 0.25) is 0 Å². The molecule has 0 radical (unpaired) electrons. The van der Waals surface area contributed by atoms with Gasteiger partial charge in [0, 0.05) is 30.7 Å². The number of rotatable bonds is 9. The summed E-state index contributed by atoms with van der Waals surface area (Å²) < 4.78 is 13.2. The molecule has 0 saturated carbocycles. The van der Waals surface area contributed by atoms with Crippen LogP contribution < -0.4 is 14.8 Å². The number of aryl methyl sites for hydroxylation is 1. The minimum atomic E-state index is -0.176. The zero-order chi connectivity index (χ0) is 20.6.